The Bertz CT molecular complexity index is 665. The van der Waals surface area contributed by atoms with E-state index in [0.29, 0.717) is 0 Å². The van der Waals surface area contributed by atoms with Crippen molar-refractivity contribution in [3.05, 3.63) is 96.6 Å². The largest absolute Gasteiger partial charge is 0.259 e. The fourth-order valence-electron chi connectivity index (χ4n) is 3.32. The molecule has 1 heteroatoms. The first-order chi connectivity index (χ1) is 11.3. The first-order valence-corrected chi connectivity index (χ1v) is 8.37. The highest BCUT2D eigenvalue weighted by atomic mass is 15.4. The summed E-state index contributed by atoms with van der Waals surface area (Å²) in [7, 11) is 0. The highest BCUT2D eigenvalue weighted by Crippen LogP contribution is 2.34. The fraction of sp³-hybridized carbons (Fsp3) is 0.182. The van der Waals surface area contributed by atoms with E-state index in [9.17, 15) is 0 Å². The molecule has 3 aromatic carbocycles. The Balaban J connectivity index is 1.99. The van der Waals surface area contributed by atoms with Crippen LogP contribution in [0.4, 0.5) is 11.4 Å². The first kappa shape index (κ1) is 15.5. The minimum absolute atomic E-state index is 0.885. The quantitative estimate of drug-likeness (QED) is 0.521. The molecule has 0 fully saturated rings. The summed E-state index contributed by atoms with van der Waals surface area (Å²) >= 11 is 0. The maximum absolute atomic E-state index is 2.28. The third kappa shape index (κ3) is 3.35. The summed E-state index contributed by atoms with van der Waals surface area (Å²) < 4.78 is 0.885. The zero-order valence-electron chi connectivity index (χ0n) is 13.7. The Morgan fingerprint density at radius 1 is 0.609 bits per heavy atom. The van der Waals surface area contributed by atoms with Crippen LogP contribution in [0.15, 0.2) is 91.0 Å². The number of quaternary nitrogens is 1. The summed E-state index contributed by atoms with van der Waals surface area (Å²) in [6.07, 6.45) is 1.07. The van der Waals surface area contributed by atoms with Gasteiger partial charge < -0.3 is 0 Å². The lowest BCUT2D eigenvalue weighted by Crippen LogP contribution is -2.45. The van der Waals surface area contributed by atoms with Crippen LogP contribution in [0.5, 0.6) is 0 Å². The molecule has 0 atom stereocenters. The van der Waals surface area contributed by atoms with E-state index >= 15 is 0 Å². The smallest absolute Gasteiger partial charge is 0.137 e. The van der Waals surface area contributed by atoms with Crippen LogP contribution in [0, 0.1) is 0 Å². The molecule has 0 amide bonds. The van der Waals surface area contributed by atoms with E-state index in [1.165, 1.54) is 16.9 Å². The van der Waals surface area contributed by atoms with Crippen molar-refractivity contribution in [3.8, 4) is 0 Å². The van der Waals surface area contributed by atoms with Gasteiger partial charge >= 0.3 is 0 Å². The number of hydrogen-bond acceptors (Lipinski definition) is 0. The summed E-state index contributed by atoms with van der Waals surface area (Å²) in [6.45, 7) is 4.39. The van der Waals surface area contributed by atoms with Gasteiger partial charge in [-0.05, 0) is 36.8 Å². The Morgan fingerprint density at radius 3 is 1.48 bits per heavy atom. The highest BCUT2D eigenvalue weighted by Gasteiger charge is 2.30. The predicted molar refractivity (Wildman–Crippen MR) is 99.9 cm³/mol. The molecule has 0 bridgehead atoms. The summed E-state index contributed by atoms with van der Waals surface area (Å²) in [4.78, 5) is 0. The molecule has 23 heavy (non-hydrogen) atoms. The molecule has 0 saturated heterocycles. The molecule has 1 nitrogen and oxygen atoms in total. The average molecular weight is 302 g/mol. The van der Waals surface area contributed by atoms with Crippen molar-refractivity contribution in [2.75, 3.05) is 13.1 Å². The van der Waals surface area contributed by atoms with Gasteiger partial charge in [-0.3, -0.25) is 4.48 Å². The Hall–Kier alpha value is -2.38. The van der Waals surface area contributed by atoms with Gasteiger partial charge in [0.1, 0.15) is 11.4 Å². The molecule has 0 aliphatic carbocycles. The number of hydrogen-bond donors (Lipinski definition) is 0. The van der Waals surface area contributed by atoms with Gasteiger partial charge in [-0.25, -0.2) is 0 Å². The van der Waals surface area contributed by atoms with Crippen molar-refractivity contribution in [1.82, 2.24) is 4.48 Å². The fourth-order valence-corrected chi connectivity index (χ4v) is 3.32. The number of rotatable bonds is 6. The van der Waals surface area contributed by atoms with Crippen molar-refractivity contribution in [1.29, 1.82) is 0 Å². The molecule has 0 heterocycles. The minimum atomic E-state index is 0.885. The second kappa shape index (κ2) is 7.26. The van der Waals surface area contributed by atoms with Gasteiger partial charge in [-0.2, -0.15) is 0 Å². The molecular formula is C22H24N+. The third-order valence-electron chi connectivity index (χ3n) is 4.67. The molecule has 0 unspecified atom stereocenters. The molecule has 0 saturated carbocycles. The van der Waals surface area contributed by atoms with Crippen LogP contribution in [0.1, 0.15) is 12.5 Å². The van der Waals surface area contributed by atoms with Gasteiger partial charge in [-0.1, -0.05) is 66.7 Å². The Morgan fingerprint density at radius 2 is 1.04 bits per heavy atom. The average Bonchev–Trinajstić information content (AvgIpc) is 2.65. The monoisotopic (exact) mass is 302 g/mol. The lowest BCUT2D eigenvalue weighted by Gasteiger charge is -2.37. The number of nitrogens with zero attached hydrogens (tertiary/aromatic N) is 1. The van der Waals surface area contributed by atoms with E-state index in [1.54, 1.807) is 0 Å². The Labute approximate surface area is 139 Å². The molecular weight excluding hydrogens is 278 g/mol. The highest BCUT2D eigenvalue weighted by molar-refractivity contribution is 5.58. The molecule has 0 aromatic heterocycles. The maximum atomic E-state index is 2.28. The van der Waals surface area contributed by atoms with Crippen LogP contribution in [0.2, 0.25) is 0 Å². The zero-order valence-corrected chi connectivity index (χ0v) is 13.7. The number of para-hydroxylation sites is 2. The minimum Gasteiger partial charge on any atom is -0.259 e. The normalized spacial score (nSPS) is 11.3. The number of benzene rings is 3. The van der Waals surface area contributed by atoms with Crippen LogP contribution < -0.4 is 4.48 Å². The summed E-state index contributed by atoms with van der Waals surface area (Å²) in [6, 6.07) is 32.5. The zero-order chi connectivity index (χ0) is 16.0. The van der Waals surface area contributed by atoms with E-state index in [4.69, 9.17) is 0 Å². The molecule has 0 aliphatic heterocycles. The molecule has 3 rings (SSSR count). The van der Waals surface area contributed by atoms with Crippen molar-refractivity contribution < 1.29 is 0 Å². The van der Waals surface area contributed by atoms with E-state index in [-0.39, 0.29) is 0 Å². The second-order valence-corrected chi connectivity index (χ2v) is 5.91. The van der Waals surface area contributed by atoms with E-state index < -0.39 is 0 Å². The SMILES string of the molecule is CC[N+](CCc1ccccc1)(c1ccccc1)c1ccccc1. The van der Waals surface area contributed by atoms with Gasteiger partial charge in [0.15, 0.2) is 0 Å². The molecule has 0 radical (unpaired) electrons. The van der Waals surface area contributed by atoms with E-state index in [2.05, 4.69) is 97.9 Å². The Kier molecular flexibility index (Phi) is 4.89. The summed E-state index contributed by atoms with van der Waals surface area (Å²) in [5.41, 5.74) is 4.12. The van der Waals surface area contributed by atoms with Gasteiger partial charge in [0.2, 0.25) is 0 Å². The van der Waals surface area contributed by atoms with Gasteiger partial charge in [0.25, 0.3) is 0 Å². The molecule has 3 aromatic rings. The molecule has 0 aliphatic rings. The number of likely N-dealkylation sites (N-methyl/N-ethyl adjacent to an activating group) is 1. The maximum Gasteiger partial charge on any atom is 0.137 e. The van der Waals surface area contributed by atoms with Crippen LogP contribution in [-0.4, -0.2) is 13.1 Å². The van der Waals surface area contributed by atoms with Crippen molar-refractivity contribution in [2.45, 2.75) is 13.3 Å². The lowest BCUT2D eigenvalue weighted by molar-refractivity contribution is 0.403. The van der Waals surface area contributed by atoms with Gasteiger partial charge in [0.05, 0.1) is 13.1 Å². The van der Waals surface area contributed by atoms with E-state index in [0.717, 1.165) is 24.0 Å². The van der Waals surface area contributed by atoms with Crippen molar-refractivity contribution in [3.63, 3.8) is 0 Å². The van der Waals surface area contributed by atoms with Crippen molar-refractivity contribution in [2.24, 2.45) is 0 Å². The molecule has 0 N–H and O–H groups in total. The van der Waals surface area contributed by atoms with Crippen LogP contribution >= 0.6 is 0 Å². The first-order valence-electron chi connectivity index (χ1n) is 8.37. The van der Waals surface area contributed by atoms with Crippen LogP contribution in [0.3, 0.4) is 0 Å². The summed E-state index contributed by atoms with van der Waals surface area (Å²) in [5.74, 6) is 0. The lowest BCUT2D eigenvalue weighted by atomic mass is 10.1. The van der Waals surface area contributed by atoms with Gasteiger partial charge in [-0.15, -0.1) is 0 Å². The van der Waals surface area contributed by atoms with Gasteiger partial charge in [0, 0.05) is 6.42 Å². The van der Waals surface area contributed by atoms with Crippen molar-refractivity contribution >= 4 is 11.4 Å². The van der Waals surface area contributed by atoms with E-state index in [1.807, 2.05) is 0 Å². The third-order valence-corrected chi connectivity index (χ3v) is 4.67. The molecule has 116 valence electrons. The standard InChI is InChI=1S/C22H24N/c1-2-23(21-14-8-4-9-15-21,22-16-10-5-11-17-22)19-18-20-12-6-3-7-13-20/h3-17H,2,18-19H2,1H3/q+1. The second-order valence-electron chi connectivity index (χ2n) is 5.91. The van der Waals surface area contributed by atoms with Crippen LogP contribution in [-0.2, 0) is 6.42 Å². The topological polar surface area (TPSA) is 0 Å². The predicted octanol–water partition coefficient (Wildman–Crippen LogP) is 5.59. The summed E-state index contributed by atoms with van der Waals surface area (Å²) in [5, 5.41) is 0. The molecule has 0 spiro atoms. The van der Waals surface area contributed by atoms with Crippen LogP contribution in [0.25, 0.3) is 0 Å².